The van der Waals surface area contributed by atoms with Gasteiger partial charge in [0.2, 0.25) is 0 Å². The minimum absolute atomic E-state index is 0.153. The van der Waals surface area contributed by atoms with Crippen LogP contribution in [0, 0.1) is 10.1 Å². The highest BCUT2D eigenvalue weighted by molar-refractivity contribution is 7.18. The van der Waals surface area contributed by atoms with Crippen molar-refractivity contribution in [1.29, 1.82) is 0 Å². The van der Waals surface area contributed by atoms with Gasteiger partial charge in [-0.1, -0.05) is 12.1 Å². The second-order valence-corrected chi connectivity index (χ2v) is 7.64. The van der Waals surface area contributed by atoms with Crippen LogP contribution in [0.2, 0.25) is 0 Å². The van der Waals surface area contributed by atoms with Crippen molar-refractivity contribution in [3.63, 3.8) is 0 Å². The molecule has 2 aromatic carbocycles. The Morgan fingerprint density at radius 1 is 1.16 bits per heavy atom. The molecule has 5 nitrogen and oxygen atoms in total. The third-order valence-corrected chi connectivity index (χ3v) is 6.07. The van der Waals surface area contributed by atoms with E-state index in [4.69, 9.17) is 4.98 Å². The molecule has 25 heavy (non-hydrogen) atoms. The highest BCUT2D eigenvalue weighted by atomic mass is 32.1. The number of hydrogen-bond acceptors (Lipinski definition) is 4. The summed E-state index contributed by atoms with van der Waals surface area (Å²) in [6.45, 7) is 2.01. The van der Waals surface area contributed by atoms with Crippen molar-refractivity contribution in [3.8, 4) is 0 Å². The average molecular weight is 354 g/mol. The van der Waals surface area contributed by atoms with E-state index in [1.165, 1.54) is 27.4 Å². The van der Waals surface area contributed by atoms with Gasteiger partial charge < -0.3 is 4.90 Å². The normalized spacial score (nSPS) is 20.6. The van der Waals surface area contributed by atoms with E-state index in [1.54, 1.807) is 23.5 Å². The van der Waals surface area contributed by atoms with Crippen molar-refractivity contribution >= 4 is 27.2 Å². The monoisotopic (exact) mass is 354 g/mol. The summed E-state index contributed by atoms with van der Waals surface area (Å²) >= 11 is 1.80. The Morgan fingerprint density at radius 3 is 2.72 bits per heavy atom. The fraction of sp³-hybridized carbons (Fsp3) is 0.316. The third kappa shape index (κ3) is 3.41. The van der Waals surface area contributed by atoms with Gasteiger partial charge in [0.15, 0.2) is 5.01 Å². The van der Waals surface area contributed by atoms with Crippen LogP contribution in [0.5, 0.6) is 0 Å². The number of aromatic nitrogens is 1. The second-order valence-electron chi connectivity index (χ2n) is 6.58. The van der Waals surface area contributed by atoms with Crippen LogP contribution in [0.3, 0.4) is 0 Å². The molecule has 0 aliphatic carbocycles. The van der Waals surface area contributed by atoms with Gasteiger partial charge >= 0.3 is 0 Å². The molecule has 1 saturated heterocycles. The number of hydrogen-bond donors (Lipinski definition) is 1. The Kier molecular flexibility index (Phi) is 4.46. The smallest absolute Gasteiger partial charge is 0.269 e. The number of thiazole rings is 1. The molecule has 1 aromatic heterocycles. The standard InChI is InChI=1S/C19H19N3O2S/c23-22(24)15-10-8-14(9-11-15)13-21-12-4-3-6-17(21)19-20-16-5-1-2-7-18(16)25-19/h1-2,5,7-11,17H,3-4,6,12-13H2/p+1/t17-/m1/s1. The lowest BCUT2D eigenvalue weighted by atomic mass is 10.0. The average Bonchev–Trinajstić information content (AvgIpc) is 3.06. The van der Waals surface area contributed by atoms with E-state index in [1.807, 2.05) is 18.2 Å². The number of para-hydroxylation sites is 1. The Bertz CT molecular complexity index is 858. The van der Waals surface area contributed by atoms with Crippen LogP contribution in [0.4, 0.5) is 5.69 Å². The molecule has 1 aliphatic heterocycles. The van der Waals surface area contributed by atoms with Crippen molar-refractivity contribution in [2.24, 2.45) is 0 Å². The molecule has 0 saturated carbocycles. The number of nitrogens with zero attached hydrogens (tertiary/aromatic N) is 2. The number of nitrogens with one attached hydrogen (secondary N) is 1. The molecular weight excluding hydrogens is 334 g/mol. The number of nitro benzene ring substituents is 1. The Morgan fingerprint density at radius 2 is 1.96 bits per heavy atom. The summed E-state index contributed by atoms with van der Waals surface area (Å²) in [5.74, 6) is 0. The first kappa shape index (κ1) is 16.2. The molecule has 2 atom stereocenters. The van der Waals surface area contributed by atoms with E-state index in [0.717, 1.165) is 30.6 Å². The largest absolute Gasteiger partial charge is 0.323 e. The van der Waals surface area contributed by atoms with Crippen molar-refractivity contribution in [2.45, 2.75) is 31.8 Å². The van der Waals surface area contributed by atoms with Gasteiger partial charge in [-0.2, -0.15) is 0 Å². The lowest BCUT2D eigenvalue weighted by Gasteiger charge is -2.31. The van der Waals surface area contributed by atoms with Gasteiger partial charge in [0.25, 0.3) is 5.69 Å². The summed E-state index contributed by atoms with van der Waals surface area (Å²) in [6.07, 6.45) is 3.62. The fourth-order valence-corrected chi connectivity index (χ4v) is 4.79. The maximum atomic E-state index is 10.8. The number of nitro groups is 1. The molecule has 1 unspecified atom stereocenters. The number of piperidine rings is 1. The zero-order valence-electron chi connectivity index (χ0n) is 13.9. The minimum Gasteiger partial charge on any atom is -0.323 e. The van der Waals surface area contributed by atoms with Gasteiger partial charge in [-0.3, -0.25) is 10.1 Å². The first-order chi connectivity index (χ1) is 12.2. The van der Waals surface area contributed by atoms with Gasteiger partial charge in [-0.05, 0) is 37.1 Å². The molecular formula is C19H20N3O2S+. The molecule has 4 rings (SSSR count). The number of fused-ring (bicyclic) bond motifs is 1. The topological polar surface area (TPSA) is 60.5 Å². The summed E-state index contributed by atoms with van der Waals surface area (Å²) in [5, 5.41) is 12.0. The third-order valence-electron chi connectivity index (χ3n) is 4.92. The van der Waals surface area contributed by atoms with Crippen molar-refractivity contribution in [1.82, 2.24) is 4.98 Å². The van der Waals surface area contributed by atoms with E-state index in [2.05, 4.69) is 18.2 Å². The summed E-state index contributed by atoms with van der Waals surface area (Å²) in [5.41, 5.74) is 2.39. The quantitative estimate of drug-likeness (QED) is 0.576. The predicted molar refractivity (Wildman–Crippen MR) is 98.8 cm³/mol. The lowest BCUT2D eigenvalue weighted by Crippen LogP contribution is -3.11. The molecule has 6 heteroatoms. The van der Waals surface area contributed by atoms with Crippen LogP contribution in [0.1, 0.15) is 35.9 Å². The Balaban J connectivity index is 1.57. The van der Waals surface area contributed by atoms with Gasteiger partial charge in [-0.25, -0.2) is 4.98 Å². The van der Waals surface area contributed by atoms with E-state index < -0.39 is 0 Å². The number of benzene rings is 2. The van der Waals surface area contributed by atoms with E-state index >= 15 is 0 Å². The lowest BCUT2D eigenvalue weighted by molar-refractivity contribution is -0.950. The number of rotatable bonds is 4. The van der Waals surface area contributed by atoms with Gasteiger partial charge in [0.1, 0.15) is 12.6 Å². The highest BCUT2D eigenvalue weighted by Crippen LogP contribution is 2.28. The van der Waals surface area contributed by atoms with Crippen LogP contribution in [-0.4, -0.2) is 16.5 Å². The molecule has 0 bridgehead atoms. The van der Waals surface area contributed by atoms with Gasteiger partial charge in [0.05, 0.1) is 21.7 Å². The van der Waals surface area contributed by atoms with Crippen LogP contribution < -0.4 is 4.90 Å². The van der Waals surface area contributed by atoms with Gasteiger partial charge in [-0.15, -0.1) is 11.3 Å². The van der Waals surface area contributed by atoms with Crippen LogP contribution in [0.25, 0.3) is 10.2 Å². The molecule has 1 aliphatic rings. The number of quaternary nitrogens is 1. The van der Waals surface area contributed by atoms with Crippen LogP contribution >= 0.6 is 11.3 Å². The van der Waals surface area contributed by atoms with Crippen molar-refractivity contribution < 1.29 is 9.82 Å². The predicted octanol–water partition coefficient (Wildman–Crippen LogP) is 3.51. The second kappa shape index (κ2) is 6.90. The number of non-ortho nitro benzene ring substituents is 1. The Hall–Kier alpha value is -2.31. The summed E-state index contributed by atoms with van der Waals surface area (Å²) < 4.78 is 1.25. The van der Waals surface area contributed by atoms with E-state index in [-0.39, 0.29) is 10.6 Å². The fourth-order valence-electron chi connectivity index (χ4n) is 3.63. The first-order valence-electron chi connectivity index (χ1n) is 8.64. The zero-order valence-corrected chi connectivity index (χ0v) is 14.7. The molecule has 128 valence electrons. The van der Waals surface area contributed by atoms with Gasteiger partial charge in [0, 0.05) is 24.1 Å². The molecule has 3 aromatic rings. The van der Waals surface area contributed by atoms with E-state index in [0.29, 0.717) is 6.04 Å². The van der Waals surface area contributed by atoms with E-state index in [9.17, 15) is 10.1 Å². The minimum atomic E-state index is -0.346. The summed E-state index contributed by atoms with van der Waals surface area (Å²) in [6, 6.07) is 15.7. The molecule has 1 N–H and O–H groups in total. The first-order valence-corrected chi connectivity index (χ1v) is 9.46. The van der Waals surface area contributed by atoms with Crippen molar-refractivity contribution in [3.05, 3.63) is 69.2 Å². The summed E-state index contributed by atoms with van der Waals surface area (Å²) in [4.78, 5) is 16.9. The maximum absolute atomic E-state index is 10.8. The van der Waals surface area contributed by atoms with Crippen LogP contribution in [0.15, 0.2) is 48.5 Å². The summed E-state index contributed by atoms with van der Waals surface area (Å²) in [7, 11) is 0. The van der Waals surface area contributed by atoms with Crippen LogP contribution in [-0.2, 0) is 6.54 Å². The Labute approximate surface area is 150 Å². The molecule has 0 amide bonds. The molecule has 1 fully saturated rings. The maximum Gasteiger partial charge on any atom is 0.269 e. The van der Waals surface area contributed by atoms with Crippen molar-refractivity contribution in [2.75, 3.05) is 6.54 Å². The SMILES string of the molecule is O=[N+]([O-])c1ccc(C[NH+]2CCCC[C@@H]2c2nc3ccccc3s2)cc1. The molecule has 0 radical (unpaired) electrons. The molecule has 0 spiro atoms. The highest BCUT2D eigenvalue weighted by Gasteiger charge is 2.30. The molecule has 2 heterocycles. The number of likely N-dealkylation sites (tertiary alicyclic amines) is 1. The zero-order chi connectivity index (χ0) is 17.2.